The molecule has 3 aliphatic rings. The molecule has 0 radical (unpaired) electrons. The van der Waals surface area contributed by atoms with Gasteiger partial charge in [0.1, 0.15) is 16.9 Å². The second-order valence-corrected chi connectivity index (χ2v) is 13.9. The van der Waals surface area contributed by atoms with Gasteiger partial charge in [0.2, 0.25) is 0 Å². The van der Waals surface area contributed by atoms with Crippen molar-refractivity contribution >= 4 is 28.2 Å². The van der Waals surface area contributed by atoms with Crippen molar-refractivity contribution in [3.8, 4) is 0 Å². The zero-order valence-electron chi connectivity index (χ0n) is 28.5. The third-order valence-electron chi connectivity index (χ3n) is 9.76. The Kier molecular flexibility index (Phi) is 11.2. The Morgan fingerprint density at radius 1 is 1.04 bits per heavy atom. The molecule has 9 nitrogen and oxygen atoms in total. The van der Waals surface area contributed by atoms with Crippen LogP contribution in [0.3, 0.4) is 0 Å². The highest BCUT2D eigenvalue weighted by Gasteiger charge is 2.27. The molecule has 2 unspecified atom stereocenters. The van der Waals surface area contributed by atoms with Gasteiger partial charge < -0.3 is 26.0 Å². The largest absolute Gasteiger partial charge is 0.393 e. The first-order valence-corrected chi connectivity index (χ1v) is 17.3. The number of aliphatic hydroxyl groups excluding tert-OH is 1. The molecule has 0 aromatic carbocycles. The van der Waals surface area contributed by atoms with E-state index in [1.807, 2.05) is 6.20 Å². The first kappa shape index (κ1) is 33.4. The first-order valence-electron chi connectivity index (χ1n) is 17.3. The molecule has 1 saturated heterocycles. The number of hydrogen-bond donors (Lipinski definition) is 3. The van der Waals surface area contributed by atoms with Crippen molar-refractivity contribution in [1.82, 2.24) is 29.7 Å². The fraction of sp³-hybridized carbons (Fsp3) is 0.639. The summed E-state index contributed by atoms with van der Waals surface area (Å²) in [6.45, 7) is 14.5. The fourth-order valence-corrected chi connectivity index (χ4v) is 7.25. The van der Waals surface area contributed by atoms with E-state index in [2.05, 4.69) is 85.0 Å². The van der Waals surface area contributed by atoms with Gasteiger partial charge in [0, 0.05) is 55.7 Å². The highest BCUT2D eigenvalue weighted by atomic mass is 16.3. The maximum absolute atomic E-state index is 10.1. The standard InChI is InChI=1S/C36H56N8O/c1-7-31-36(39-27-12-13-29(45)22-27)41-33-30(23-38-35(37)34(33)40-31)25-9-10-26(21-24(3)4)32(14-11-25)44-17-15-28(16-18-44)43(8-2)20-19-42(5)6/h9,11,14,23-24,27-29,45H,7-8,10,12-13,15-22H2,1-6H3,(H2,37,38)(H,39,41). The third-order valence-corrected chi connectivity index (χ3v) is 9.76. The van der Waals surface area contributed by atoms with Crippen LogP contribution in [0.15, 0.2) is 35.7 Å². The number of nitrogens with one attached hydrogen (secondary N) is 1. The molecule has 2 aromatic heterocycles. The van der Waals surface area contributed by atoms with Gasteiger partial charge >= 0.3 is 0 Å². The molecule has 0 bridgehead atoms. The summed E-state index contributed by atoms with van der Waals surface area (Å²) < 4.78 is 0. The minimum absolute atomic E-state index is 0.198. The van der Waals surface area contributed by atoms with E-state index in [4.69, 9.17) is 15.7 Å². The molecular formula is C36H56N8O. The number of nitrogens with zero attached hydrogens (tertiary/aromatic N) is 6. The summed E-state index contributed by atoms with van der Waals surface area (Å²) in [7, 11) is 4.33. The minimum atomic E-state index is -0.251. The van der Waals surface area contributed by atoms with Gasteiger partial charge in [0.05, 0.1) is 11.8 Å². The molecule has 2 aliphatic carbocycles. The van der Waals surface area contributed by atoms with Gasteiger partial charge in [-0.2, -0.15) is 0 Å². The second-order valence-electron chi connectivity index (χ2n) is 13.9. The molecule has 0 spiro atoms. The lowest BCUT2D eigenvalue weighted by Crippen LogP contribution is -2.46. The van der Waals surface area contributed by atoms with Gasteiger partial charge in [-0.05, 0) is 95.1 Å². The van der Waals surface area contributed by atoms with Crippen LogP contribution in [0.5, 0.6) is 0 Å². The van der Waals surface area contributed by atoms with Crippen LogP contribution in [0.1, 0.15) is 83.9 Å². The smallest absolute Gasteiger partial charge is 0.151 e. The maximum atomic E-state index is 10.1. The summed E-state index contributed by atoms with van der Waals surface area (Å²) in [6.07, 6.45) is 16.2. The van der Waals surface area contributed by atoms with Crippen LogP contribution in [0, 0.1) is 5.92 Å². The normalized spacial score (nSPS) is 21.5. The van der Waals surface area contributed by atoms with Gasteiger partial charge in [-0.3, -0.25) is 4.90 Å². The van der Waals surface area contributed by atoms with E-state index in [9.17, 15) is 5.11 Å². The summed E-state index contributed by atoms with van der Waals surface area (Å²) in [6, 6.07) is 0.849. The van der Waals surface area contributed by atoms with Crippen LogP contribution < -0.4 is 11.1 Å². The number of likely N-dealkylation sites (tertiary alicyclic amines) is 1. The van der Waals surface area contributed by atoms with Crippen LogP contribution in [-0.2, 0) is 6.42 Å². The number of aryl methyl sites for hydroxylation is 1. The van der Waals surface area contributed by atoms with Crippen molar-refractivity contribution < 1.29 is 5.11 Å². The van der Waals surface area contributed by atoms with Gasteiger partial charge in [-0.1, -0.05) is 39.8 Å². The number of nitrogen functional groups attached to an aromatic ring is 1. The van der Waals surface area contributed by atoms with Crippen molar-refractivity contribution in [1.29, 1.82) is 0 Å². The van der Waals surface area contributed by atoms with E-state index in [1.54, 1.807) is 0 Å². The lowest BCUT2D eigenvalue weighted by molar-refractivity contribution is 0.122. The Morgan fingerprint density at radius 3 is 2.47 bits per heavy atom. The third kappa shape index (κ3) is 8.05. The minimum Gasteiger partial charge on any atom is -0.393 e. The number of rotatable bonds is 12. The molecule has 2 fully saturated rings. The quantitative estimate of drug-likeness (QED) is 0.286. The Morgan fingerprint density at radius 2 is 1.82 bits per heavy atom. The van der Waals surface area contributed by atoms with Crippen molar-refractivity contribution in [2.24, 2.45) is 5.92 Å². The molecule has 3 heterocycles. The molecule has 45 heavy (non-hydrogen) atoms. The summed E-state index contributed by atoms with van der Waals surface area (Å²) >= 11 is 0. The second kappa shape index (κ2) is 15.1. The van der Waals surface area contributed by atoms with E-state index < -0.39 is 0 Å². The number of hydrogen-bond acceptors (Lipinski definition) is 9. The molecular weight excluding hydrogens is 560 g/mol. The van der Waals surface area contributed by atoms with Crippen molar-refractivity contribution in [3.63, 3.8) is 0 Å². The molecule has 2 aromatic rings. The molecule has 0 amide bonds. The summed E-state index contributed by atoms with van der Waals surface area (Å²) in [5.74, 6) is 1.78. The predicted octanol–water partition coefficient (Wildman–Crippen LogP) is 5.49. The van der Waals surface area contributed by atoms with Crippen LogP contribution in [0.25, 0.3) is 16.6 Å². The SMILES string of the molecule is CCc1nc2c(N)ncc(C3=CCC(CC(C)C)=C(N4CCC(N(CC)CCN(C)C)CC4)C=C3)c2nc1NC1CCC(O)C1. The van der Waals surface area contributed by atoms with Crippen LogP contribution >= 0.6 is 0 Å². The van der Waals surface area contributed by atoms with E-state index in [-0.39, 0.29) is 12.1 Å². The number of pyridine rings is 1. The Labute approximate surface area is 270 Å². The molecule has 4 N–H and O–H groups in total. The van der Waals surface area contributed by atoms with E-state index in [1.165, 1.54) is 24.1 Å². The van der Waals surface area contributed by atoms with E-state index in [0.717, 1.165) is 99.4 Å². The van der Waals surface area contributed by atoms with Crippen LogP contribution in [0.4, 0.5) is 11.6 Å². The van der Waals surface area contributed by atoms with Crippen molar-refractivity contribution in [2.45, 2.75) is 97.2 Å². The lowest BCUT2D eigenvalue weighted by atomic mass is 9.96. The number of allylic oxidation sites excluding steroid dienone is 5. The molecule has 1 saturated carbocycles. The van der Waals surface area contributed by atoms with Crippen LogP contribution in [0.2, 0.25) is 0 Å². The van der Waals surface area contributed by atoms with Crippen molar-refractivity contribution in [3.05, 3.63) is 47.0 Å². The Balaban J connectivity index is 1.41. The number of aliphatic hydroxyl groups is 1. The van der Waals surface area contributed by atoms with Gasteiger partial charge in [0.25, 0.3) is 0 Å². The number of fused-ring (bicyclic) bond motifs is 1. The fourth-order valence-electron chi connectivity index (χ4n) is 7.25. The number of likely N-dealkylation sites (N-methyl/N-ethyl adjacent to an activating group) is 2. The number of nitrogens with two attached hydrogens (primary N) is 1. The summed E-state index contributed by atoms with van der Waals surface area (Å²) in [5.41, 5.74) is 13.7. The summed E-state index contributed by atoms with van der Waals surface area (Å²) in [5, 5.41) is 13.7. The highest BCUT2D eigenvalue weighted by Crippen LogP contribution is 2.35. The first-order chi connectivity index (χ1) is 21.7. The van der Waals surface area contributed by atoms with Crippen molar-refractivity contribution in [2.75, 3.05) is 57.9 Å². The molecule has 1 aliphatic heterocycles. The molecule has 2 atom stereocenters. The predicted molar refractivity (Wildman–Crippen MR) is 187 cm³/mol. The number of piperidine rings is 1. The topological polar surface area (TPSA) is 107 Å². The average molecular weight is 617 g/mol. The molecule has 246 valence electrons. The number of aromatic nitrogens is 3. The average Bonchev–Trinajstić information content (AvgIpc) is 3.32. The van der Waals surface area contributed by atoms with Crippen LogP contribution in [-0.4, -0.2) is 99.8 Å². The zero-order valence-corrected chi connectivity index (χ0v) is 28.5. The Hall–Kier alpha value is -3.01. The number of anilines is 2. The maximum Gasteiger partial charge on any atom is 0.151 e. The summed E-state index contributed by atoms with van der Waals surface area (Å²) in [4.78, 5) is 22.3. The highest BCUT2D eigenvalue weighted by molar-refractivity contribution is 5.96. The van der Waals surface area contributed by atoms with Gasteiger partial charge in [0.15, 0.2) is 5.82 Å². The van der Waals surface area contributed by atoms with E-state index in [0.29, 0.717) is 23.3 Å². The van der Waals surface area contributed by atoms with Gasteiger partial charge in [-0.25, -0.2) is 15.0 Å². The lowest BCUT2D eigenvalue weighted by Gasteiger charge is -2.40. The molecule has 9 heteroatoms. The Bertz CT molecular complexity index is 1410. The monoisotopic (exact) mass is 616 g/mol. The molecule has 5 rings (SSSR count). The van der Waals surface area contributed by atoms with E-state index >= 15 is 0 Å². The zero-order chi connectivity index (χ0) is 32.1. The van der Waals surface area contributed by atoms with Gasteiger partial charge in [-0.15, -0.1) is 0 Å².